The van der Waals surface area contributed by atoms with Gasteiger partial charge in [-0.2, -0.15) is 0 Å². The van der Waals surface area contributed by atoms with Crippen LogP contribution in [0, 0.1) is 0 Å². The van der Waals surface area contributed by atoms with Gasteiger partial charge in [-0.1, -0.05) is 11.6 Å². The molecule has 0 saturated heterocycles. The van der Waals surface area contributed by atoms with Crippen LogP contribution in [-0.4, -0.2) is 13.5 Å². The monoisotopic (exact) mass is 213 g/mol. The van der Waals surface area contributed by atoms with Crippen LogP contribution < -0.4 is 5.14 Å². The van der Waals surface area contributed by atoms with Crippen LogP contribution in [0.1, 0.15) is 0 Å². The van der Waals surface area contributed by atoms with Crippen LogP contribution in [0.4, 0.5) is 0 Å². The molecule has 4 nitrogen and oxygen atoms in total. The number of hydrogen-bond acceptors (Lipinski definition) is 4. The van der Waals surface area contributed by atoms with Crippen LogP contribution in [0.25, 0.3) is 0 Å². The number of hydrogen-bond donors (Lipinski definition) is 2. The van der Waals surface area contributed by atoms with Crippen LogP contribution in [0.15, 0.2) is 10.3 Å². The van der Waals surface area contributed by atoms with E-state index < -0.39 is 15.8 Å². The summed E-state index contributed by atoms with van der Waals surface area (Å²) >= 11 is 6.13. The zero-order valence-corrected chi connectivity index (χ0v) is 7.50. The van der Waals surface area contributed by atoms with Crippen molar-refractivity contribution in [3.05, 3.63) is 10.4 Å². The van der Waals surface area contributed by atoms with Crippen molar-refractivity contribution in [2.45, 2.75) is 4.21 Å². The molecule has 0 unspecified atom stereocenters. The van der Waals surface area contributed by atoms with Crippen molar-refractivity contribution in [2.24, 2.45) is 5.14 Å². The first-order valence-electron chi connectivity index (χ1n) is 2.42. The Morgan fingerprint density at radius 2 is 2.18 bits per heavy atom. The Bertz CT molecular complexity index is 369. The molecular weight excluding hydrogens is 210 g/mol. The predicted molar refractivity (Wildman–Crippen MR) is 42.4 cm³/mol. The molecule has 11 heavy (non-hydrogen) atoms. The molecular formula is C4H4ClNO3S2. The van der Waals surface area contributed by atoms with E-state index in [0.717, 1.165) is 17.4 Å². The summed E-state index contributed by atoms with van der Waals surface area (Å²) in [6.45, 7) is 0. The molecule has 0 fully saturated rings. The lowest BCUT2D eigenvalue weighted by molar-refractivity contribution is 0.464. The average Bonchev–Trinajstić information content (AvgIpc) is 2.08. The van der Waals surface area contributed by atoms with E-state index in [4.69, 9.17) is 21.8 Å². The first-order chi connectivity index (χ1) is 4.91. The quantitative estimate of drug-likeness (QED) is 0.723. The van der Waals surface area contributed by atoms with E-state index in [-0.39, 0.29) is 8.55 Å². The highest BCUT2D eigenvalue weighted by atomic mass is 35.5. The lowest BCUT2D eigenvalue weighted by Gasteiger charge is -1.90. The Kier molecular flexibility index (Phi) is 2.10. The van der Waals surface area contributed by atoms with Crippen molar-refractivity contribution >= 4 is 33.0 Å². The van der Waals surface area contributed by atoms with Gasteiger partial charge in [-0.05, 0) is 0 Å². The molecule has 0 saturated carbocycles. The number of nitrogens with two attached hydrogens (primary N) is 1. The van der Waals surface area contributed by atoms with Gasteiger partial charge in [0.05, 0.1) is 4.34 Å². The van der Waals surface area contributed by atoms with Crippen LogP contribution in [-0.2, 0) is 10.0 Å². The maximum Gasteiger partial charge on any atom is 0.251 e. The van der Waals surface area contributed by atoms with Crippen LogP contribution in [0.5, 0.6) is 5.75 Å². The number of rotatable bonds is 1. The van der Waals surface area contributed by atoms with Crippen molar-refractivity contribution in [3.8, 4) is 5.75 Å². The summed E-state index contributed by atoms with van der Waals surface area (Å²) in [5.41, 5.74) is 0. The molecule has 0 spiro atoms. The van der Waals surface area contributed by atoms with E-state index >= 15 is 0 Å². The molecule has 0 bridgehead atoms. The van der Waals surface area contributed by atoms with Gasteiger partial charge >= 0.3 is 0 Å². The largest absolute Gasteiger partial charge is 0.506 e. The van der Waals surface area contributed by atoms with E-state index in [1.807, 2.05) is 0 Å². The van der Waals surface area contributed by atoms with Gasteiger partial charge in [0.15, 0.2) is 4.21 Å². The summed E-state index contributed by atoms with van der Waals surface area (Å²) in [5.74, 6) is -0.400. The Morgan fingerprint density at radius 3 is 2.36 bits per heavy atom. The Morgan fingerprint density at radius 1 is 1.64 bits per heavy atom. The third-order valence-electron chi connectivity index (χ3n) is 0.908. The maximum absolute atomic E-state index is 10.6. The third-order valence-corrected chi connectivity index (χ3v) is 3.63. The second kappa shape index (κ2) is 2.63. The summed E-state index contributed by atoms with van der Waals surface area (Å²) < 4.78 is 21.2. The molecule has 0 aromatic carbocycles. The van der Waals surface area contributed by atoms with E-state index in [9.17, 15) is 8.42 Å². The zero-order valence-electron chi connectivity index (χ0n) is 5.11. The topological polar surface area (TPSA) is 80.4 Å². The van der Waals surface area contributed by atoms with Crippen molar-refractivity contribution in [3.63, 3.8) is 0 Å². The summed E-state index contributed by atoms with van der Waals surface area (Å²) in [6.07, 6.45) is 0. The normalized spacial score (nSPS) is 11.8. The van der Waals surface area contributed by atoms with Crippen molar-refractivity contribution in [1.29, 1.82) is 0 Å². The Hall–Kier alpha value is -0.300. The lowest BCUT2D eigenvalue weighted by Crippen LogP contribution is -2.10. The molecule has 1 aromatic heterocycles. The molecule has 1 aromatic rings. The Labute approximate surface area is 72.3 Å². The summed E-state index contributed by atoms with van der Waals surface area (Å²) in [4.78, 5) is 0. The van der Waals surface area contributed by atoms with Crippen molar-refractivity contribution in [1.82, 2.24) is 0 Å². The fourth-order valence-corrected chi connectivity index (χ4v) is 2.61. The number of aromatic hydroxyl groups is 1. The van der Waals surface area contributed by atoms with Gasteiger partial charge in [0.2, 0.25) is 0 Å². The molecule has 1 heterocycles. The molecule has 0 amide bonds. The van der Waals surface area contributed by atoms with Crippen molar-refractivity contribution < 1.29 is 13.5 Å². The Balaban J connectivity index is 3.36. The van der Waals surface area contributed by atoms with Gasteiger partial charge in [-0.15, -0.1) is 11.3 Å². The van der Waals surface area contributed by atoms with E-state index in [0.29, 0.717) is 0 Å². The smallest absolute Gasteiger partial charge is 0.251 e. The van der Waals surface area contributed by atoms with Crippen molar-refractivity contribution in [2.75, 3.05) is 0 Å². The standard InChI is InChI=1S/C4H4ClNO3S2/c5-3-1-2(7)4(10-3)11(6,8)9/h1,7H,(H2,6,8,9). The lowest BCUT2D eigenvalue weighted by atomic mass is 10.6. The highest BCUT2D eigenvalue weighted by molar-refractivity contribution is 7.91. The highest BCUT2D eigenvalue weighted by Crippen LogP contribution is 2.34. The average molecular weight is 214 g/mol. The molecule has 0 aliphatic carbocycles. The first-order valence-corrected chi connectivity index (χ1v) is 5.16. The molecule has 62 valence electrons. The van der Waals surface area contributed by atoms with Gasteiger partial charge in [0.1, 0.15) is 5.75 Å². The fourth-order valence-electron chi connectivity index (χ4n) is 0.541. The molecule has 0 radical (unpaired) electrons. The molecule has 3 N–H and O–H groups in total. The minimum absolute atomic E-state index is 0.187. The SMILES string of the molecule is NS(=O)(=O)c1sc(Cl)cc1O. The molecule has 0 aliphatic rings. The number of halogens is 1. The molecule has 0 atom stereocenters. The van der Waals surface area contributed by atoms with E-state index in [1.54, 1.807) is 0 Å². The van der Waals surface area contributed by atoms with Crippen LogP contribution in [0.2, 0.25) is 4.34 Å². The van der Waals surface area contributed by atoms with Gasteiger partial charge in [-0.3, -0.25) is 0 Å². The van der Waals surface area contributed by atoms with Gasteiger partial charge in [0.25, 0.3) is 10.0 Å². The first kappa shape index (κ1) is 8.79. The number of thiophene rings is 1. The second-order valence-corrected chi connectivity index (χ2v) is 5.21. The summed E-state index contributed by atoms with van der Waals surface area (Å²) in [7, 11) is -3.83. The van der Waals surface area contributed by atoms with Gasteiger partial charge in [-0.25, -0.2) is 13.6 Å². The highest BCUT2D eigenvalue weighted by Gasteiger charge is 2.17. The summed E-state index contributed by atoms with van der Waals surface area (Å²) in [5, 5.41) is 13.7. The third kappa shape index (κ3) is 1.84. The molecule has 1 rings (SSSR count). The number of primary sulfonamides is 1. The minimum Gasteiger partial charge on any atom is -0.506 e. The van der Waals surface area contributed by atoms with Crippen LogP contribution >= 0.6 is 22.9 Å². The van der Waals surface area contributed by atoms with E-state index in [2.05, 4.69) is 0 Å². The predicted octanol–water partition coefficient (Wildman–Crippen LogP) is 0.755. The van der Waals surface area contributed by atoms with Gasteiger partial charge < -0.3 is 5.11 Å². The number of sulfonamides is 1. The van der Waals surface area contributed by atoms with Crippen LogP contribution in [0.3, 0.4) is 0 Å². The summed E-state index contributed by atoms with van der Waals surface area (Å²) in [6, 6.07) is 1.13. The molecule has 7 heteroatoms. The molecule has 0 aliphatic heterocycles. The fraction of sp³-hybridized carbons (Fsp3) is 0. The second-order valence-electron chi connectivity index (χ2n) is 1.77. The zero-order chi connectivity index (χ0) is 8.65. The van der Waals surface area contributed by atoms with Gasteiger partial charge in [0, 0.05) is 6.07 Å². The van der Waals surface area contributed by atoms with E-state index in [1.165, 1.54) is 0 Å². The minimum atomic E-state index is -3.83. The maximum atomic E-state index is 10.6.